The number of nitrogens with zero attached hydrogens (tertiary/aromatic N) is 1. The molecule has 0 saturated carbocycles. The van der Waals surface area contributed by atoms with Crippen molar-refractivity contribution >= 4 is 0 Å². The summed E-state index contributed by atoms with van der Waals surface area (Å²) in [6.07, 6.45) is 0.768. The smallest absolute Gasteiger partial charge is 0.119 e. The Morgan fingerprint density at radius 1 is 1.31 bits per heavy atom. The average Bonchev–Trinajstić information content (AvgIpc) is 1.98. The molecule has 0 saturated heterocycles. The maximum Gasteiger partial charge on any atom is 0.119 e. The second-order valence-corrected chi connectivity index (χ2v) is 4.95. The first-order valence-electron chi connectivity index (χ1n) is 4.73. The Hall–Kier alpha value is -0.120. The van der Waals surface area contributed by atoms with Crippen molar-refractivity contribution in [2.24, 2.45) is 0 Å². The molecule has 80 valence electrons. The molecule has 0 aromatic carbocycles. The third-order valence-corrected chi connectivity index (χ3v) is 2.67. The zero-order valence-electron chi connectivity index (χ0n) is 9.79. The third-order valence-electron chi connectivity index (χ3n) is 2.67. The minimum Gasteiger partial charge on any atom is -0.396 e. The topological polar surface area (TPSA) is 29.5 Å². The molecule has 0 aliphatic carbocycles. The molecule has 0 rings (SSSR count). The van der Waals surface area contributed by atoms with Crippen molar-refractivity contribution in [3.8, 4) is 0 Å². The molecule has 0 heterocycles. The summed E-state index contributed by atoms with van der Waals surface area (Å²) in [5.41, 5.74) is -0.193. The van der Waals surface area contributed by atoms with Crippen molar-refractivity contribution < 1.29 is 14.3 Å². The lowest BCUT2D eigenvalue weighted by Crippen LogP contribution is -2.57. The van der Waals surface area contributed by atoms with Crippen LogP contribution in [-0.4, -0.2) is 56.1 Å². The Balaban J connectivity index is 4.60. The summed E-state index contributed by atoms with van der Waals surface area (Å²) in [4.78, 5) is 0. The summed E-state index contributed by atoms with van der Waals surface area (Å²) in [7, 11) is 8.10. The highest BCUT2D eigenvalue weighted by Gasteiger charge is 2.38. The van der Waals surface area contributed by atoms with Crippen LogP contribution in [0.15, 0.2) is 0 Å². The minimum atomic E-state index is -0.193. The SMILES string of the molecule is COC(C)(C)C(CCO)[N+](C)(C)C. The highest BCUT2D eigenvalue weighted by molar-refractivity contribution is 4.79. The van der Waals surface area contributed by atoms with Gasteiger partial charge in [-0.15, -0.1) is 0 Å². The molecule has 0 fully saturated rings. The minimum absolute atomic E-state index is 0.193. The van der Waals surface area contributed by atoms with Crippen LogP contribution in [0.2, 0.25) is 0 Å². The summed E-state index contributed by atoms with van der Waals surface area (Å²) in [6, 6.07) is 0.308. The first-order valence-corrected chi connectivity index (χ1v) is 4.73. The lowest BCUT2D eigenvalue weighted by atomic mass is 9.93. The zero-order chi connectivity index (χ0) is 10.7. The predicted molar refractivity (Wildman–Crippen MR) is 54.6 cm³/mol. The molecule has 0 bridgehead atoms. The van der Waals surface area contributed by atoms with Crippen LogP contribution in [0.4, 0.5) is 0 Å². The summed E-state index contributed by atoms with van der Waals surface area (Å²) < 4.78 is 6.26. The Labute approximate surface area is 81.9 Å². The van der Waals surface area contributed by atoms with Gasteiger partial charge in [-0.2, -0.15) is 0 Å². The molecule has 0 amide bonds. The van der Waals surface area contributed by atoms with Gasteiger partial charge in [0.1, 0.15) is 11.6 Å². The van der Waals surface area contributed by atoms with E-state index in [1.165, 1.54) is 0 Å². The Bertz CT molecular complexity index is 149. The second kappa shape index (κ2) is 4.40. The molecule has 1 N–H and O–H groups in total. The van der Waals surface area contributed by atoms with Gasteiger partial charge in [0.2, 0.25) is 0 Å². The summed E-state index contributed by atoms with van der Waals surface area (Å²) in [5.74, 6) is 0. The van der Waals surface area contributed by atoms with Crippen LogP contribution in [-0.2, 0) is 4.74 Å². The number of likely N-dealkylation sites (N-methyl/N-ethyl adjacent to an activating group) is 1. The molecule has 1 atom stereocenters. The molecule has 0 aliphatic heterocycles. The number of hydrogen-bond donors (Lipinski definition) is 1. The highest BCUT2D eigenvalue weighted by Crippen LogP contribution is 2.24. The fourth-order valence-corrected chi connectivity index (χ4v) is 1.93. The van der Waals surface area contributed by atoms with Crippen molar-refractivity contribution in [3.05, 3.63) is 0 Å². The standard InChI is InChI=1S/C10H24NO2/c1-10(2,13-6)9(7-8-12)11(3,4)5/h9,12H,7-8H2,1-6H3/q+1. The fourth-order valence-electron chi connectivity index (χ4n) is 1.93. The van der Waals surface area contributed by atoms with Gasteiger partial charge in [-0.1, -0.05) is 0 Å². The number of hydrogen-bond acceptors (Lipinski definition) is 2. The van der Waals surface area contributed by atoms with Crippen LogP contribution in [0.1, 0.15) is 20.3 Å². The molecular weight excluding hydrogens is 166 g/mol. The monoisotopic (exact) mass is 190 g/mol. The third kappa shape index (κ3) is 3.63. The molecule has 3 nitrogen and oxygen atoms in total. The fraction of sp³-hybridized carbons (Fsp3) is 1.00. The van der Waals surface area contributed by atoms with E-state index < -0.39 is 0 Å². The van der Waals surface area contributed by atoms with Crippen LogP contribution in [0, 0.1) is 0 Å². The first kappa shape index (κ1) is 12.9. The molecular formula is C10H24NO2+. The van der Waals surface area contributed by atoms with Gasteiger partial charge in [0.25, 0.3) is 0 Å². The number of aliphatic hydroxyl groups excluding tert-OH is 1. The van der Waals surface area contributed by atoms with E-state index >= 15 is 0 Å². The largest absolute Gasteiger partial charge is 0.396 e. The highest BCUT2D eigenvalue weighted by atomic mass is 16.5. The predicted octanol–water partition coefficient (Wildman–Crippen LogP) is 0.869. The van der Waals surface area contributed by atoms with Gasteiger partial charge >= 0.3 is 0 Å². The van der Waals surface area contributed by atoms with Crippen LogP contribution >= 0.6 is 0 Å². The van der Waals surface area contributed by atoms with Gasteiger partial charge in [-0.05, 0) is 13.8 Å². The van der Waals surface area contributed by atoms with E-state index in [-0.39, 0.29) is 12.2 Å². The van der Waals surface area contributed by atoms with E-state index in [0.717, 1.165) is 10.9 Å². The first-order chi connectivity index (χ1) is 5.75. The Morgan fingerprint density at radius 3 is 2.00 bits per heavy atom. The number of ether oxygens (including phenoxy) is 1. The summed E-state index contributed by atoms with van der Waals surface area (Å²) in [5, 5.41) is 8.99. The van der Waals surface area contributed by atoms with Gasteiger partial charge in [-0.25, -0.2) is 0 Å². The molecule has 0 aromatic heterocycles. The Morgan fingerprint density at radius 2 is 1.77 bits per heavy atom. The lowest BCUT2D eigenvalue weighted by Gasteiger charge is -2.42. The number of rotatable bonds is 5. The average molecular weight is 190 g/mol. The molecule has 3 heteroatoms. The molecule has 0 spiro atoms. The van der Waals surface area contributed by atoms with Crippen molar-refractivity contribution in [1.29, 1.82) is 0 Å². The zero-order valence-corrected chi connectivity index (χ0v) is 9.79. The number of aliphatic hydroxyl groups is 1. The van der Waals surface area contributed by atoms with E-state index in [1.54, 1.807) is 7.11 Å². The van der Waals surface area contributed by atoms with Gasteiger partial charge in [-0.3, -0.25) is 0 Å². The summed E-state index contributed by atoms with van der Waals surface area (Å²) in [6.45, 7) is 4.35. The van der Waals surface area contributed by atoms with E-state index in [4.69, 9.17) is 9.84 Å². The van der Waals surface area contributed by atoms with Crippen LogP contribution in [0.3, 0.4) is 0 Å². The van der Waals surface area contributed by atoms with Crippen LogP contribution in [0.5, 0.6) is 0 Å². The molecule has 0 aliphatic rings. The van der Waals surface area contributed by atoms with Gasteiger partial charge in [0, 0.05) is 20.1 Å². The van der Waals surface area contributed by atoms with E-state index in [1.807, 2.05) is 0 Å². The summed E-state index contributed by atoms with van der Waals surface area (Å²) >= 11 is 0. The van der Waals surface area contributed by atoms with Crippen molar-refractivity contribution in [2.45, 2.75) is 31.9 Å². The van der Waals surface area contributed by atoms with Gasteiger partial charge < -0.3 is 14.3 Å². The van der Waals surface area contributed by atoms with E-state index in [2.05, 4.69) is 35.0 Å². The molecule has 13 heavy (non-hydrogen) atoms. The quantitative estimate of drug-likeness (QED) is 0.652. The number of methoxy groups -OCH3 is 1. The molecule has 0 aromatic rings. The maximum atomic E-state index is 8.99. The second-order valence-electron chi connectivity index (χ2n) is 4.95. The maximum absolute atomic E-state index is 8.99. The normalized spacial score (nSPS) is 15.9. The van der Waals surface area contributed by atoms with Crippen molar-refractivity contribution in [2.75, 3.05) is 34.9 Å². The lowest BCUT2D eigenvalue weighted by molar-refractivity contribution is -0.903. The van der Waals surface area contributed by atoms with E-state index in [9.17, 15) is 0 Å². The van der Waals surface area contributed by atoms with Crippen LogP contribution < -0.4 is 0 Å². The van der Waals surface area contributed by atoms with Crippen LogP contribution in [0.25, 0.3) is 0 Å². The van der Waals surface area contributed by atoms with E-state index in [0.29, 0.717) is 6.04 Å². The van der Waals surface area contributed by atoms with Gasteiger partial charge in [0.15, 0.2) is 0 Å². The van der Waals surface area contributed by atoms with Gasteiger partial charge in [0.05, 0.1) is 21.1 Å². The molecule has 0 radical (unpaired) electrons. The molecule has 1 unspecified atom stereocenters. The number of quaternary nitrogens is 1. The Kier molecular flexibility index (Phi) is 4.36. The van der Waals surface area contributed by atoms with Crippen molar-refractivity contribution in [3.63, 3.8) is 0 Å². The van der Waals surface area contributed by atoms with Crippen molar-refractivity contribution in [1.82, 2.24) is 0 Å².